The van der Waals surface area contributed by atoms with Crippen LogP contribution >= 0.6 is 11.6 Å². The lowest BCUT2D eigenvalue weighted by Gasteiger charge is -2.22. The van der Waals surface area contributed by atoms with E-state index in [-0.39, 0.29) is 16.4 Å². The third-order valence-electron chi connectivity index (χ3n) is 4.93. The maximum Gasteiger partial charge on any atom is 0.255 e. The van der Waals surface area contributed by atoms with Gasteiger partial charge < -0.3 is 10.2 Å². The molecule has 0 spiro atoms. The molecule has 2 aromatic carbocycles. The van der Waals surface area contributed by atoms with Crippen LogP contribution in [0.2, 0.25) is 5.02 Å². The number of hydrogen-bond donors (Lipinski definition) is 2. The normalized spacial score (nSPS) is 14.2. The molecule has 156 valence electrons. The quantitative estimate of drug-likeness (QED) is 0.683. The van der Waals surface area contributed by atoms with E-state index in [1.807, 2.05) is 19.9 Å². The zero-order valence-electron chi connectivity index (χ0n) is 16.7. The molecule has 1 fully saturated rings. The van der Waals surface area contributed by atoms with E-state index in [1.54, 1.807) is 24.3 Å². The van der Waals surface area contributed by atoms with Crippen molar-refractivity contribution in [2.75, 3.05) is 29.9 Å². The summed E-state index contributed by atoms with van der Waals surface area (Å²) in [6.07, 6.45) is 2.74. The summed E-state index contributed by atoms with van der Waals surface area (Å²) < 4.78 is 28.4. The number of carbonyl (C=O) groups excluding carboxylic acids is 1. The summed E-state index contributed by atoms with van der Waals surface area (Å²) >= 11 is 6.13. The van der Waals surface area contributed by atoms with E-state index in [2.05, 4.69) is 14.9 Å². The van der Waals surface area contributed by atoms with Gasteiger partial charge in [0.15, 0.2) is 0 Å². The van der Waals surface area contributed by atoms with Crippen molar-refractivity contribution in [2.24, 2.45) is 0 Å². The number of amides is 1. The minimum absolute atomic E-state index is 0.141. The first-order valence-corrected chi connectivity index (χ1v) is 11.6. The van der Waals surface area contributed by atoms with E-state index in [0.717, 1.165) is 31.5 Å². The van der Waals surface area contributed by atoms with E-state index in [1.165, 1.54) is 6.07 Å². The number of rotatable bonds is 7. The maximum absolute atomic E-state index is 12.9. The largest absolute Gasteiger partial charge is 0.370 e. The highest BCUT2D eigenvalue weighted by Crippen LogP contribution is 2.30. The highest BCUT2D eigenvalue weighted by Gasteiger charge is 2.25. The van der Waals surface area contributed by atoms with E-state index < -0.39 is 10.0 Å². The molecule has 0 aromatic heterocycles. The van der Waals surface area contributed by atoms with Gasteiger partial charge in [-0.2, -0.15) is 0 Å². The lowest BCUT2D eigenvalue weighted by Crippen LogP contribution is -2.28. The molecule has 2 N–H and O–H groups in total. The molecule has 8 heteroatoms. The van der Waals surface area contributed by atoms with Crippen LogP contribution in [-0.2, 0) is 10.0 Å². The molecule has 29 heavy (non-hydrogen) atoms. The fraction of sp³-hybridized carbons (Fsp3) is 0.381. The Labute approximate surface area is 177 Å². The summed E-state index contributed by atoms with van der Waals surface area (Å²) in [5, 5.41) is 3.34. The smallest absolute Gasteiger partial charge is 0.255 e. The average molecular weight is 436 g/mol. The molecule has 3 rings (SSSR count). The van der Waals surface area contributed by atoms with Gasteiger partial charge in [-0.3, -0.25) is 4.79 Å². The van der Waals surface area contributed by atoms with Crippen LogP contribution in [0.3, 0.4) is 0 Å². The van der Waals surface area contributed by atoms with Crippen molar-refractivity contribution < 1.29 is 13.2 Å². The first-order chi connectivity index (χ1) is 13.8. The van der Waals surface area contributed by atoms with Crippen LogP contribution in [0.15, 0.2) is 41.3 Å². The van der Waals surface area contributed by atoms with Gasteiger partial charge in [0.1, 0.15) is 4.90 Å². The lowest BCUT2D eigenvalue weighted by molar-refractivity contribution is 0.102. The number of benzene rings is 2. The van der Waals surface area contributed by atoms with Crippen molar-refractivity contribution in [3.05, 3.63) is 52.5 Å². The zero-order chi connectivity index (χ0) is 21.0. The minimum atomic E-state index is -3.72. The van der Waals surface area contributed by atoms with E-state index in [0.29, 0.717) is 29.4 Å². The third kappa shape index (κ3) is 5.10. The van der Waals surface area contributed by atoms with Gasteiger partial charge in [0.25, 0.3) is 5.91 Å². The van der Waals surface area contributed by atoms with Crippen molar-refractivity contribution in [1.29, 1.82) is 0 Å². The Balaban J connectivity index is 1.93. The fourth-order valence-corrected chi connectivity index (χ4v) is 4.84. The third-order valence-corrected chi connectivity index (χ3v) is 6.83. The van der Waals surface area contributed by atoms with Crippen molar-refractivity contribution in [2.45, 2.75) is 38.0 Å². The van der Waals surface area contributed by atoms with E-state index in [4.69, 9.17) is 11.6 Å². The second-order valence-corrected chi connectivity index (χ2v) is 9.34. The number of sulfonamides is 1. The minimum Gasteiger partial charge on any atom is -0.370 e. The van der Waals surface area contributed by atoms with Crippen molar-refractivity contribution in [3.63, 3.8) is 0 Å². The Kier molecular flexibility index (Phi) is 6.82. The van der Waals surface area contributed by atoms with Crippen LogP contribution in [0, 0.1) is 6.92 Å². The Morgan fingerprint density at radius 3 is 2.52 bits per heavy atom. The first kappa shape index (κ1) is 21.6. The summed E-state index contributed by atoms with van der Waals surface area (Å²) in [6, 6.07) is 10.1. The van der Waals surface area contributed by atoms with Crippen LogP contribution in [0.5, 0.6) is 0 Å². The molecule has 1 aliphatic rings. The molecule has 2 aromatic rings. The molecule has 0 unspecified atom stereocenters. The second-order valence-electron chi connectivity index (χ2n) is 7.19. The highest BCUT2D eigenvalue weighted by atomic mass is 35.5. The molecule has 0 radical (unpaired) electrons. The van der Waals surface area contributed by atoms with Gasteiger partial charge in [0.2, 0.25) is 10.0 Å². The number of hydrogen-bond acceptors (Lipinski definition) is 4. The van der Waals surface area contributed by atoms with Gasteiger partial charge in [-0.1, -0.05) is 24.6 Å². The van der Waals surface area contributed by atoms with Gasteiger partial charge in [-0.15, -0.1) is 0 Å². The summed E-state index contributed by atoms with van der Waals surface area (Å²) in [5.41, 5.74) is 2.39. The topological polar surface area (TPSA) is 78.5 Å². The van der Waals surface area contributed by atoms with Gasteiger partial charge in [-0.05, 0) is 62.1 Å². The number of nitrogens with one attached hydrogen (secondary N) is 2. The monoisotopic (exact) mass is 435 g/mol. The second kappa shape index (κ2) is 9.15. The van der Waals surface area contributed by atoms with Gasteiger partial charge in [0.05, 0.1) is 5.69 Å². The molecule has 1 amide bonds. The van der Waals surface area contributed by atoms with Crippen molar-refractivity contribution in [1.82, 2.24) is 4.72 Å². The maximum atomic E-state index is 12.9. The number of aryl methyl sites for hydroxylation is 1. The van der Waals surface area contributed by atoms with Crippen LogP contribution in [0.1, 0.15) is 42.1 Å². The number of halogens is 1. The first-order valence-electron chi connectivity index (χ1n) is 9.78. The molecule has 0 aliphatic carbocycles. The molecule has 0 atom stereocenters. The fourth-order valence-electron chi connectivity index (χ4n) is 3.28. The molecule has 0 bridgehead atoms. The molecule has 1 heterocycles. The summed E-state index contributed by atoms with van der Waals surface area (Å²) in [7, 11) is -3.72. The van der Waals surface area contributed by atoms with E-state index in [9.17, 15) is 13.2 Å². The number of carbonyl (C=O) groups is 1. The van der Waals surface area contributed by atoms with Crippen molar-refractivity contribution in [3.8, 4) is 0 Å². The van der Waals surface area contributed by atoms with Crippen LogP contribution in [0.25, 0.3) is 0 Å². The van der Waals surface area contributed by atoms with Gasteiger partial charge in [-0.25, -0.2) is 13.1 Å². The number of anilines is 2. The molecule has 1 aliphatic heterocycles. The Morgan fingerprint density at radius 1 is 1.14 bits per heavy atom. The van der Waals surface area contributed by atoms with Crippen LogP contribution < -0.4 is 14.9 Å². The van der Waals surface area contributed by atoms with Crippen molar-refractivity contribution >= 4 is 38.9 Å². The number of nitrogens with zero attached hydrogens (tertiary/aromatic N) is 1. The predicted octanol–water partition coefficient (Wildman–Crippen LogP) is 4.19. The van der Waals surface area contributed by atoms with Gasteiger partial charge in [0, 0.05) is 35.9 Å². The average Bonchev–Trinajstić information content (AvgIpc) is 3.23. The predicted molar refractivity (Wildman–Crippen MR) is 118 cm³/mol. The SMILES string of the molecule is CCCNS(=O)(=O)c1cc(C(=O)Nc2ccc(C)c(Cl)c2)ccc1N1CCCC1. The standard InChI is InChI=1S/C21H26ClN3O3S/c1-3-10-23-29(27,28)20-13-16(7-9-19(20)25-11-4-5-12-25)21(26)24-17-8-6-15(2)18(22)14-17/h6-9,13-14,23H,3-5,10-12H2,1-2H3,(H,24,26). The zero-order valence-corrected chi connectivity index (χ0v) is 18.2. The Bertz CT molecular complexity index is 1000. The van der Waals surface area contributed by atoms with Crippen LogP contribution in [0.4, 0.5) is 11.4 Å². The van der Waals surface area contributed by atoms with Crippen LogP contribution in [-0.4, -0.2) is 34.0 Å². The van der Waals surface area contributed by atoms with Gasteiger partial charge >= 0.3 is 0 Å². The molecule has 0 saturated carbocycles. The van der Waals surface area contributed by atoms with E-state index >= 15 is 0 Å². The molecular weight excluding hydrogens is 410 g/mol. The summed E-state index contributed by atoms with van der Waals surface area (Å²) in [6.45, 7) is 5.75. The molecule has 1 saturated heterocycles. The lowest BCUT2D eigenvalue weighted by atomic mass is 10.1. The summed E-state index contributed by atoms with van der Waals surface area (Å²) in [5.74, 6) is -0.384. The Hall–Kier alpha value is -2.09. The Morgan fingerprint density at radius 2 is 1.86 bits per heavy atom. The molecule has 6 nitrogen and oxygen atoms in total. The highest BCUT2D eigenvalue weighted by molar-refractivity contribution is 7.89. The summed E-state index contributed by atoms with van der Waals surface area (Å²) in [4.78, 5) is 15.0. The molecular formula is C21H26ClN3O3S.